The fourth-order valence-electron chi connectivity index (χ4n) is 4.85. The van der Waals surface area contributed by atoms with Crippen LogP contribution in [-0.4, -0.2) is 8.07 Å². The monoisotopic (exact) mass is 372 g/mol. The van der Waals surface area contributed by atoms with Crippen LogP contribution in [0.1, 0.15) is 52.4 Å². The van der Waals surface area contributed by atoms with E-state index in [1.165, 1.54) is 25.7 Å². The molecule has 0 amide bonds. The van der Waals surface area contributed by atoms with Crippen LogP contribution in [0.4, 0.5) is 0 Å². The van der Waals surface area contributed by atoms with Crippen molar-refractivity contribution in [3.05, 3.63) is 14.9 Å². The molecule has 2 unspecified atom stereocenters. The zero-order valence-corrected chi connectivity index (χ0v) is 18.4. The summed E-state index contributed by atoms with van der Waals surface area (Å²) in [5.74, 6) is 2.06. The fourth-order valence-corrected chi connectivity index (χ4v) is 10.6. The molecule has 122 valence electrons. The molecule has 0 heterocycles. The quantitative estimate of drug-likeness (QED) is 0.351. The summed E-state index contributed by atoms with van der Waals surface area (Å²) in [6, 6.07) is 0. The molecule has 0 aliphatic heterocycles. The van der Waals surface area contributed by atoms with E-state index < -0.39 is 25.1 Å². The molecule has 0 aromatic rings. The maximum atomic E-state index is 4.89. The van der Waals surface area contributed by atoms with Gasteiger partial charge in [0.1, 0.15) is 0 Å². The molecule has 20 heavy (non-hydrogen) atoms. The van der Waals surface area contributed by atoms with Gasteiger partial charge >= 0.3 is 35.6 Å². The van der Waals surface area contributed by atoms with Crippen molar-refractivity contribution >= 4 is 26.7 Å². The molecule has 0 bridgehead atoms. The standard InChI is InChI=1S/C14H28Si.2CH3.2ClH.Ti/c1-11-9-10-12(2)14(11)15(3,4)13-7-5-6-8-13;;;;;/h11-14H,5-10H2,1-4H3;2*1H3;2*1H;/q;2*-1;;;+2/p-2. The van der Waals surface area contributed by atoms with Crippen LogP contribution in [0.3, 0.4) is 0 Å². The van der Waals surface area contributed by atoms with E-state index in [0.717, 1.165) is 22.9 Å². The fraction of sp³-hybridized carbons (Fsp3) is 0.875. The van der Waals surface area contributed by atoms with Crippen molar-refractivity contribution in [1.82, 2.24) is 0 Å². The van der Waals surface area contributed by atoms with E-state index in [1.807, 2.05) is 0 Å². The van der Waals surface area contributed by atoms with E-state index in [1.54, 1.807) is 12.8 Å². The van der Waals surface area contributed by atoms with Gasteiger partial charge in [-0.25, -0.2) is 0 Å². The van der Waals surface area contributed by atoms with Gasteiger partial charge in [-0.3, -0.25) is 0 Å². The van der Waals surface area contributed by atoms with E-state index in [-0.39, 0.29) is 14.9 Å². The van der Waals surface area contributed by atoms with Gasteiger partial charge in [-0.05, 0) is 22.9 Å². The van der Waals surface area contributed by atoms with Gasteiger partial charge in [0.2, 0.25) is 0 Å². The summed E-state index contributed by atoms with van der Waals surface area (Å²) in [6.07, 6.45) is 9.20. The molecule has 2 rings (SSSR count). The van der Waals surface area contributed by atoms with Crippen molar-refractivity contribution in [1.29, 1.82) is 0 Å². The second-order valence-corrected chi connectivity index (χ2v) is 14.6. The van der Waals surface area contributed by atoms with Crippen molar-refractivity contribution in [2.24, 2.45) is 11.8 Å². The SMILES string of the molecule is CC1CCC(C)C1[Si](C)(C)C1CCCC1.[CH3-].[CH3-].[Cl][Ti][Cl]. The molecule has 0 aromatic carbocycles. The maximum absolute atomic E-state index is 4.89. The van der Waals surface area contributed by atoms with Gasteiger partial charge < -0.3 is 14.9 Å². The van der Waals surface area contributed by atoms with E-state index in [0.29, 0.717) is 0 Å². The molecule has 4 heteroatoms. The van der Waals surface area contributed by atoms with Crippen molar-refractivity contribution in [2.45, 2.75) is 76.5 Å². The van der Waals surface area contributed by atoms with Crippen LogP contribution in [0.15, 0.2) is 0 Å². The van der Waals surface area contributed by atoms with Crippen LogP contribution in [0.2, 0.25) is 24.2 Å². The van der Waals surface area contributed by atoms with Crippen LogP contribution in [0, 0.1) is 26.7 Å². The average molecular weight is 373 g/mol. The van der Waals surface area contributed by atoms with Gasteiger partial charge in [-0.1, -0.05) is 65.5 Å². The second-order valence-electron chi connectivity index (χ2n) is 6.93. The predicted octanol–water partition coefficient (Wildman–Crippen LogP) is 7.35. The van der Waals surface area contributed by atoms with Crippen LogP contribution >= 0.6 is 18.6 Å². The summed E-state index contributed by atoms with van der Waals surface area (Å²) in [7, 11) is 8.81. The van der Waals surface area contributed by atoms with Gasteiger partial charge in [0, 0.05) is 0 Å². The van der Waals surface area contributed by atoms with Gasteiger partial charge in [-0.2, -0.15) is 0 Å². The van der Waals surface area contributed by atoms with E-state index >= 15 is 0 Å². The molecule has 0 nitrogen and oxygen atoms in total. The summed E-state index contributed by atoms with van der Waals surface area (Å²) in [4.78, 5) is 0. The van der Waals surface area contributed by atoms with E-state index in [9.17, 15) is 0 Å². The van der Waals surface area contributed by atoms with Crippen molar-refractivity contribution in [2.75, 3.05) is 0 Å². The van der Waals surface area contributed by atoms with Crippen LogP contribution in [-0.2, 0) is 17.0 Å². The van der Waals surface area contributed by atoms with Crippen LogP contribution < -0.4 is 0 Å². The number of halogens is 2. The Balaban J connectivity index is 0. The first-order valence-electron chi connectivity index (χ1n) is 7.41. The Morgan fingerprint density at radius 1 is 0.850 bits per heavy atom. The first-order valence-corrected chi connectivity index (χ1v) is 14.9. The molecule has 2 fully saturated rings. The molecule has 0 saturated heterocycles. The van der Waals surface area contributed by atoms with Crippen LogP contribution in [0.25, 0.3) is 0 Å². The van der Waals surface area contributed by atoms with Crippen LogP contribution in [0.5, 0.6) is 0 Å². The molecular formula is C16H34Cl2SiTi-2. The Morgan fingerprint density at radius 2 is 1.20 bits per heavy atom. The average Bonchev–Trinajstić information content (AvgIpc) is 2.90. The molecule has 2 atom stereocenters. The van der Waals surface area contributed by atoms with Crippen molar-refractivity contribution < 1.29 is 17.0 Å². The summed E-state index contributed by atoms with van der Waals surface area (Å²) >= 11 is -0.556. The normalized spacial score (nSPS) is 29.8. The zero-order chi connectivity index (χ0) is 13.8. The summed E-state index contributed by atoms with van der Waals surface area (Å²) in [6.45, 7) is 10.5. The molecule has 2 aliphatic rings. The minimum atomic E-state index is -0.963. The second kappa shape index (κ2) is 11.1. The minimum absolute atomic E-state index is 0. The third-order valence-corrected chi connectivity index (χ3v) is 11.1. The molecule has 2 aliphatic carbocycles. The number of hydrogen-bond acceptors (Lipinski definition) is 0. The van der Waals surface area contributed by atoms with E-state index in [4.69, 9.17) is 18.6 Å². The predicted molar refractivity (Wildman–Crippen MR) is 95.5 cm³/mol. The third kappa shape index (κ3) is 5.95. The zero-order valence-electron chi connectivity index (χ0n) is 14.3. The van der Waals surface area contributed by atoms with Crippen molar-refractivity contribution in [3.63, 3.8) is 0 Å². The Hall–Kier alpha value is 1.51. The van der Waals surface area contributed by atoms with Gasteiger partial charge in [0.05, 0.1) is 8.07 Å². The Kier molecular flexibility index (Phi) is 13.2. The molecule has 0 N–H and O–H groups in total. The number of hydrogen-bond donors (Lipinski definition) is 0. The Labute approximate surface area is 146 Å². The molecule has 0 spiro atoms. The number of rotatable bonds is 2. The molecule has 0 aromatic heterocycles. The summed E-state index contributed by atoms with van der Waals surface area (Å²) in [5, 5.41) is 0. The van der Waals surface area contributed by atoms with Crippen molar-refractivity contribution in [3.8, 4) is 0 Å². The molecule has 2 saturated carbocycles. The van der Waals surface area contributed by atoms with Gasteiger partial charge in [0.15, 0.2) is 0 Å². The molecular weight excluding hydrogens is 339 g/mol. The third-order valence-electron chi connectivity index (χ3n) is 5.57. The Morgan fingerprint density at radius 3 is 1.55 bits per heavy atom. The van der Waals surface area contributed by atoms with Gasteiger partial charge in [0.25, 0.3) is 0 Å². The summed E-state index contributed by atoms with van der Waals surface area (Å²) in [5.41, 5.74) is 2.28. The van der Waals surface area contributed by atoms with Gasteiger partial charge in [-0.15, -0.1) is 0 Å². The first-order chi connectivity index (χ1) is 8.45. The Bertz CT molecular complexity index is 233. The molecule has 0 radical (unpaired) electrons. The summed E-state index contributed by atoms with van der Waals surface area (Å²) < 4.78 is 0. The topological polar surface area (TPSA) is 0 Å². The van der Waals surface area contributed by atoms with E-state index in [2.05, 4.69) is 26.9 Å². The first kappa shape index (κ1) is 23.8.